The van der Waals surface area contributed by atoms with Gasteiger partial charge in [-0.2, -0.15) is 0 Å². The molecule has 2 aromatic rings. The monoisotopic (exact) mass is 386 g/mol. The molecule has 1 aromatic carbocycles. The minimum Gasteiger partial charge on any atom is -0.354 e. The van der Waals surface area contributed by atoms with Gasteiger partial charge >= 0.3 is 0 Å². The van der Waals surface area contributed by atoms with Crippen LogP contribution in [0.25, 0.3) is 0 Å². The van der Waals surface area contributed by atoms with Crippen LogP contribution in [0.4, 0.5) is 5.69 Å². The Balaban J connectivity index is 1.85. The zero-order valence-electron chi connectivity index (χ0n) is 16.6. The number of nitrogens with one attached hydrogen (secondary N) is 3. The lowest BCUT2D eigenvalue weighted by atomic mass is 10.2. The quantitative estimate of drug-likeness (QED) is 0.473. The average Bonchev–Trinajstić information content (AvgIpc) is 3.03. The van der Waals surface area contributed by atoms with Crippen molar-refractivity contribution >= 4 is 28.9 Å². The zero-order chi connectivity index (χ0) is 19.6. The van der Waals surface area contributed by atoms with Gasteiger partial charge in [0.05, 0.1) is 0 Å². The van der Waals surface area contributed by atoms with Crippen molar-refractivity contribution in [2.45, 2.75) is 52.6 Å². The summed E-state index contributed by atoms with van der Waals surface area (Å²) in [6, 6.07) is 12.5. The number of amides is 1. The number of guanidine groups is 1. The second-order valence-electron chi connectivity index (χ2n) is 6.69. The van der Waals surface area contributed by atoms with Gasteiger partial charge in [-0.1, -0.05) is 19.1 Å². The van der Waals surface area contributed by atoms with Crippen molar-refractivity contribution < 1.29 is 4.79 Å². The molecule has 0 saturated carbocycles. The third kappa shape index (κ3) is 7.43. The summed E-state index contributed by atoms with van der Waals surface area (Å²) in [5.74, 6) is 0.828. The van der Waals surface area contributed by atoms with Gasteiger partial charge in [0, 0.05) is 47.9 Å². The fourth-order valence-electron chi connectivity index (χ4n) is 2.77. The van der Waals surface area contributed by atoms with Gasteiger partial charge in [0.15, 0.2) is 5.96 Å². The Labute approximate surface area is 166 Å². The number of aliphatic imine (C=N–C) groups is 1. The highest BCUT2D eigenvalue weighted by molar-refractivity contribution is 7.11. The third-order valence-corrected chi connectivity index (χ3v) is 5.08. The molecule has 0 radical (unpaired) electrons. The van der Waals surface area contributed by atoms with E-state index in [2.05, 4.69) is 46.9 Å². The van der Waals surface area contributed by atoms with Crippen LogP contribution in [-0.2, 0) is 17.8 Å². The van der Waals surface area contributed by atoms with Crippen molar-refractivity contribution in [3.05, 3.63) is 51.7 Å². The molecule has 27 heavy (non-hydrogen) atoms. The smallest absolute Gasteiger partial charge is 0.224 e. The van der Waals surface area contributed by atoms with Crippen LogP contribution in [0, 0.1) is 6.92 Å². The summed E-state index contributed by atoms with van der Waals surface area (Å²) in [7, 11) is 1.78. The van der Waals surface area contributed by atoms with Crippen LogP contribution in [0.15, 0.2) is 41.4 Å². The maximum atomic E-state index is 11.8. The van der Waals surface area contributed by atoms with E-state index in [1.165, 1.54) is 9.75 Å². The average molecular weight is 387 g/mol. The van der Waals surface area contributed by atoms with Crippen molar-refractivity contribution in [1.29, 1.82) is 0 Å². The topological polar surface area (TPSA) is 65.5 Å². The number of carbonyl (C=O) groups is 1. The molecule has 0 aliphatic heterocycles. The van der Waals surface area contributed by atoms with Gasteiger partial charge in [0.25, 0.3) is 0 Å². The number of benzene rings is 1. The summed E-state index contributed by atoms with van der Waals surface area (Å²) in [6.45, 7) is 6.93. The lowest BCUT2D eigenvalue weighted by Gasteiger charge is -2.17. The van der Waals surface area contributed by atoms with Crippen molar-refractivity contribution in [2.24, 2.45) is 4.99 Å². The van der Waals surface area contributed by atoms with E-state index in [0.717, 1.165) is 30.1 Å². The van der Waals surface area contributed by atoms with Crippen LogP contribution >= 0.6 is 11.3 Å². The number of anilines is 1. The number of carbonyl (C=O) groups excluding carboxylic acids is 1. The van der Waals surface area contributed by atoms with Crippen LogP contribution in [0.1, 0.15) is 42.0 Å². The van der Waals surface area contributed by atoms with Crippen LogP contribution < -0.4 is 16.0 Å². The molecule has 1 atom stereocenters. The molecule has 1 aromatic heterocycles. The molecular formula is C21H30N4OS. The fraction of sp³-hybridized carbons (Fsp3) is 0.429. The van der Waals surface area contributed by atoms with Crippen molar-refractivity contribution in [3.8, 4) is 0 Å². The predicted molar refractivity (Wildman–Crippen MR) is 116 cm³/mol. The van der Waals surface area contributed by atoms with E-state index in [0.29, 0.717) is 13.0 Å². The van der Waals surface area contributed by atoms with Gasteiger partial charge in [0.2, 0.25) is 5.91 Å². The van der Waals surface area contributed by atoms with Crippen LogP contribution in [0.2, 0.25) is 0 Å². The molecule has 0 saturated heterocycles. The van der Waals surface area contributed by atoms with E-state index >= 15 is 0 Å². The number of hydrogen-bond donors (Lipinski definition) is 3. The lowest BCUT2D eigenvalue weighted by Crippen LogP contribution is -2.42. The summed E-state index contributed by atoms with van der Waals surface area (Å²) in [5.41, 5.74) is 1.92. The molecule has 146 valence electrons. The number of aryl methyl sites for hydroxylation is 1. The maximum Gasteiger partial charge on any atom is 0.224 e. The van der Waals surface area contributed by atoms with Gasteiger partial charge < -0.3 is 16.0 Å². The molecule has 0 spiro atoms. The summed E-state index contributed by atoms with van der Waals surface area (Å²) < 4.78 is 0. The predicted octanol–water partition coefficient (Wildman–Crippen LogP) is 4.09. The summed E-state index contributed by atoms with van der Waals surface area (Å²) in [6.07, 6.45) is 2.36. The highest BCUT2D eigenvalue weighted by Gasteiger charge is 2.08. The Morgan fingerprint density at radius 3 is 2.74 bits per heavy atom. The van der Waals surface area contributed by atoms with Crippen molar-refractivity contribution in [2.75, 3.05) is 12.4 Å². The summed E-state index contributed by atoms with van der Waals surface area (Å²) in [4.78, 5) is 18.8. The van der Waals surface area contributed by atoms with Crippen LogP contribution in [-0.4, -0.2) is 25.0 Å². The Kier molecular flexibility index (Phi) is 8.33. The molecule has 0 fully saturated rings. The number of hydrogen-bond acceptors (Lipinski definition) is 3. The van der Waals surface area contributed by atoms with Gasteiger partial charge in [-0.25, -0.2) is 0 Å². The second kappa shape index (κ2) is 10.7. The Morgan fingerprint density at radius 1 is 1.26 bits per heavy atom. The highest BCUT2D eigenvalue weighted by atomic mass is 32.1. The first-order valence-corrected chi connectivity index (χ1v) is 10.2. The number of rotatable bonds is 8. The van der Waals surface area contributed by atoms with E-state index in [1.54, 1.807) is 7.05 Å². The van der Waals surface area contributed by atoms with E-state index in [9.17, 15) is 4.79 Å². The third-order valence-electron chi connectivity index (χ3n) is 4.06. The van der Waals surface area contributed by atoms with Crippen molar-refractivity contribution in [1.82, 2.24) is 10.6 Å². The molecule has 3 N–H and O–H groups in total. The highest BCUT2D eigenvalue weighted by Crippen LogP contribution is 2.16. The van der Waals surface area contributed by atoms with Gasteiger partial charge in [-0.05, 0) is 50.1 Å². The van der Waals surface area contributed by atoms with Crippen LogP contribution in [0.3, 0.4) is 0 Å². The van der Waals surface area contributed by atoms with Gasteiger partial charge in [-0.3, -0.25) is 9.79 Å². The minimum absolute atomic E-state index is 0.0534. The van der Waals surface area contributed by atoms with E-state index in [1.807, 2.05) is 42.5 Å². The Morgan fingerprint density at radius 2 is 2.07 bits per heavy atom. The molecule has 1 amide bonds. The van der Waals surface area contributed by atoms with Gasteiger partial charge in [0.1, 0.15) is 0 Å². The van der Waals surface area contributed by atoms with Crippen LogP contribution in [0.5, 0.6) is 0 Å². The molecule has 2 rings (SSSR count). The van der Waals surface area contributed by atoms with Gasteiger partial charge in [-0.15, -0.1) is 11.3 Å². The summed E-state index contributed by atoms with van der Waals surface area (Å²) in [5, 5.41) is 9.71. The fourth-order valence-corrected chi connectivity index (χ4v) is 3.79. The molecule has 0 aliphatic rings. The zero-order valence-corrected chi connectivity index (χ0v) is 17.5. The first kappa shape index (κ1) is 21.0. The maximum absolute atomic E-state index is 11.8. The lowest BCUT2D eigenvalue weighted by molar-refractivity contribution is -0.116. The SMILES string of the molecule is CCCC(=O)Nc1cccc(CNC(=NC)NC(C)Cc2ccc(C)s2)c1. The van der Waals surface area contributed by atoms with Crippen molar-refractivity contribution in [3.63, 3.8) is 0 Å². The Bertz CT molecular complexity index is 769. The second-order valence-corrected chi connectivity index (χ2v) is 8.06. The first-order valence-electron chi connectivity index (χ1n) is 9.41. The number of thiophene rings is 1. The van der Waals surface area contributed by atoms with E-state index in [4.69, 9.17) is 0 Å². The summed E-state index contributed by atoms with van der Waals surface area (Å²) >= 11 is 1.84. The van der Waals surface area contributed by atoms with E-state index in [-0.39, 0.29) is 11.9 Å². The molecule has 5 nitrogen and oxygen atoms in total. The van der Waals surface area contributed by atoms with E-state index < -0.39 is 0 Å². The molecule has 1 unspecified atom stereocenters. The number of nitrogens with zero attached hydrogens (tertiary/aromatic N) is 1. The molecule has 0 bridgehead atoms. The molecular weight excluding hydrogens is 356 g/mol. The minimum atomic E-state index is 0.0534. The molecule has 6 heteroatoms. The Hall–Kier alpha value is -2.34. The standard InChI is InChI=1S/C21H30N4OS/c1-5-7-20(26)25-18-9-6-8-17(13-18)14-23-21(22-4)24-15(2)12-19-11-10-16(3)27-19/h6,8-11,13,15H,5,7,12,14H2,1-4H3,(H,25,26)(H2,22,23,24). The normalized spacial score (nSPS) is 12.5. The first-order chi connectivity index (χ1) is 13.0. The molecule has 0 aliphatic carbocycles. The largest absolute Gasteiger partial charge is 0.354 e. The molecule has 1 heterocycles.